The first-order chi connectivity index (χ1) is 11.8. The number of hydrogen-bond donors (Lipinski definition) is 1. The second-order valence-electron chi connectivity index (χ2n) is 7.46. The fraction of sp³-hybridized carbons (Fsp3) is 0.348. The molecule has 0 aliphatic heterocycles. The summed E-state index contributed by atoms with van der Waals surface area (Å²) in [7, 11) is 0. The zero-order valence-corrected chi connectivity index (χ0v) is 15.7. The van der Waals surface area contributed by atoms with Gasteiger partial charge in [-0.3, -0.25) is 0 Å². The van der Waals surface area contributed by atoms with E-state index in [1.165, 1.54) is 36.0 Å². The smallest absolute Gasteiger partial charge is 0.335 e. The van der Waals surface area contributed by atoms with Crippen molar-refractivity contribution in [3.8, 4) is 0 Å². The van der Waals surface area contributed by atoms with E-state index >= 15 is 0 Å². The summed E-state index contributed by atoms with van der Waals surface area (Å²) in [6, 6.07) is 6.88. The topological polar surface area (TPSA) is 37.3 Å². The lowest BCUT2D eigenvalue weighted by Gasteiger charge is -2.32. The van der Waals surface area contributed by atoms with E-state index in [1.807, 2.05) is 24.3 Å². The highest BCUT2D eigenvalue weighted by atomic mass is 16.4. The largest absolute Gasteiger partial charge is 0.478 e. The van der Waals surface area contributed by atoms with Crippen molar-refractivity contribution in [1.82, 2.24) is 0 Å². The minimum absolute atomic E-state index is 0.265. The molecule has 2 heteroatoms. The molecule has 1 N–H and O–H groups in total. The molecule has 1 aromatic rings. The summed E-state index contributed by atoms with van der Waals surface area (Å²) < 4.78 is 0. The van der Waals surface area contributed by atoms with Gasteiger partial charge in [0, 0.05) is 0 Å². The summed E-state index contributed by atoms with van der Waals surface area (Å²) in [5.74, 6) is -0.897. The van der Waals surface area contributed by atoms with Gasteiger partial charge in [0.2, 0.25) is 0 Å². The predicted octanol–water partition coefficient (Wildman–Crippen LogP) is 6.43. The zero-order chi connectivity index (χ0) is 18.4. The van der Waals surface area contributed by atoms with E-state index in [1.54, 1.807) is 12.1 Å². The number of rotatable bonds is 5. The van der Waals surface area contributed by atoms with Gasteiger partial charge in [-0.05, 0) is 61.8 Å². The van der Waals surface area contributed by atoms with Gasteiger partial charge in [0.25, 0.3) is 0 Å². The van der Waals surface area contributed by atoms with Crippen LogP contribution in [0.1, 0.15) is 62.9 Å². The molecule has 2 rings (SSSR count). The lowest BCUT2D eigenvalue weighted by Crippen LogP contribution is -2.19. The monoisotopic (exact) mass is 336 g/mol. The summed E-state index contributed by atoms with van der Waals surface area (Å²) in [5, 5.41) is 8.91. The van der Waals surface area contributed by atoms with Gasteiger partial charge in [-0.2, -0.15) is 0 Å². The Morgan fingerprint density at radius 3 is 2.44 bits per heavy atom. The van der Waals surface area contributed by atoms with E-state index in [9.17, 15) is 4.79 Å². The Hall–Kier alpha value is -2.35. The number of carbonyl (C=O) groups is 1. The number of benzene rings is 1. The Bertz CT molecular complexity index is 741. The van der Waals surface area contributed by atoms with Gasteiger partial charge in [0.05, 0.1) is 5.56 Å². The second kappa shape index (κ2) is 8.15. The normalized spacial score (nSPS) is 18.3. The van der Waals surface area contributed by atoms with Crippen LogP contribution in [0.5, 0.6) is 0 Å². The van der Waals surface area contributed by atoms with Crippen LogP contribution in [0.3, 0.4) is 0 Å². The highest BCUT2D eigenvalue weighted by Gasteiger charge is 2.26. The number of aromatic carboxylic acids is 1. The van der Waals surface area contributed by atoms with Crippen LogP contribution >= 0.6 is 0 Å². The van der Waals surface area contributed by atoms with Crippen molar-refractivity contribution in [2.45, 2.75) is 47.0 Å². The fourth-order valence-corrected chi connectivity index (χ4v) is 3.33. The lowest BCUT2D eigenvalue weighted by molar-refractivity contribution is 0.0697. The first-order valence-electron chi connectivity index (χ1n) is 8.86. The maximum absolute atomic E-state index is 10.8. The van der Waals surface area contributed by atoms with E-state index in [0.717, 1.165) is 5.56 Å². The minimum atomic E-state index is -0.897. The summed E-state index contributed by atoms with van der Waals surface area (Å²) in [6.07, 6.45) is 14.3. The standard InChI is InChI=1S/C23H28O2/c1-17(10-15-21-18(2)8-6-16-23(21,3)4)7-5-9-19-11-13-20(14-12-19)22(24)25/h5,7,9-15H,6,8,16H2,1-4H3,(H,24,25)/b9-5+,15-10?,17-7+. The number of carboxylic acid groups (broad SMARTS) is 1. The van der Waals surface area contributed by atoms with Crippen molar-refractivity contribution in [3.63, 3.8) is 0 Å². The van der Waals surface area contributed by atoms with Crippen LogP contribution in [0.2, 0.25) is 0 Å². The molecule has 25 heavy (non-hydrogen) atoms. The van der Waals surface area contributed by atoms with Gasteiger partial charge in [0.15, 0.2) is 0 Å². The third-order valence-electron chi connectivity index (χ3n) is 4.86. The van der Waals surface area contributed by atoms with Crippen LogP contribution in [0.25, 0.3) is 6.08 Å². The molecule has 0 spiro atoms. The molecule has 0 saturated heterocycles. The van der Waals surface area contributed by atoms with Crippen molar-refractivity contribution in [2.24, 2.45) is 5.41 Å². The van der Waals surface area contributed by atoms with Gasteiger partial charge in [-0.15, -0.1) is 0 Å². The molecule has 0 amide bonds. The lowest BCUT2D eigenvalue weighted by atomic mass is 9.72. The number of allylic oxidation sites excluding steroid dienone is 7. The molecule has 2 nitrogen and oxygen atoms in total. The summed E-state index contributed by atoms with van der Waals surface area (Å²) >= 11 is 0. The summed E-state index contributed by atoms with van der Waals surface area (Å²) in [6.45, 7) is 9.00. The van der Waals surface area contributed by atoms with E-state index in [-0.39, 0.29) is 5.41 Å². The van der Waals surface area contributed by atoms with Crippen LogP contribution in [0.4, 0.5) is 0 Å². The Balaban J connectivity index is 2.05. The molecule has 1 aliphatic rings. The zero-order valence-electron chi connectivity index (χ0n) is 15.7. The van der Waals surface area contributed by atoms with Crippen molar-refractivity contribution in [3.05, 3.63) is 76.4 Å². The maximum atomic E-state index is 10.8. The van der Waals surface area contributed by atoms with E-state index in [0.29, 0.717) is 5.56 Å². The van der Waals surface area contributed by atoms with Gasteiger partial charge in [0.1, 0.15) is 0 Å². The maximum Gasteiger partial charge on any atom is 0.335 e. The Morgan fingerprint density at radius 1 is 1.16 bits per heavy atom. The molecule has 0 saturated carbocycles. The number of hydrogen-bond acceptors (Lipinski definition) is 1. The quantitative estimate of drug-likeness (QED) is 0.629. The molecule has 1 aliphatic carbocycles. The van der Waals surface area contributed by atoms with Crippen LogP contribution in [0.15, 0.2) is 65.3 Å². The van der Waals surface area contributed by atoms with Gasteiger partial charge >= 0.3 is 5.97 Å². The van der Waals surface area contributed by atoms with Crippen LogP contribution in [-0.2, 0) is 0 Å². The van der Waals surface area contributed by atoms with Gasteiger partial charge in [-0.1, -0.05) is 67.5 Å². The molecule has 1 aromatic carbocycles. The molecule has 0 aromatic heterocycles. The molecule has 132 valence electrons. The third-order valence-corrected chi connectivity index (χ3v) is 4.86. The van der Waals surface area contributed by atoms with Crippen molar-refractivity contribution in [1.29, 1.82) is 0 Å². The highest BCUT2D eigenvalue weighted by Crippen LogP contribution is 2.40. The first-order valence-corrected chi connectivity index (χ1v) is 8.86. The fourth-order valence-electron chi connectivity index (χ4n) is 3.33. The van der Waals surface area contributed by atoms with Crippen LogP contribution in [-0.4, -0.2) is 11.1 Å². The molecular formula is C23H28O2. The highest BCUT2D eigenvalue weighted by molar-refractivity contribution is 5.87. The molecule has 0 bridgehead atoms. The third kappa shape index (κ3) is 5.32. The van der Waals surface area contributed by atoms with Gasteiger partial charge < -0.3 is 5.11 Å². The average molecular weight is 336 g/mol. The van der Waals surface area contributed by atoms with E-state index in [4.69, 9.17) is 5.11 Å². The average Bonchev–Trinajstić information content (AvgIpc) is 2.54. The van der Waals surface area contributed by atoms with Crippen molar-refractivity contribution >= 4 is 12.0 Å². The first kappa shape index (κ1) is 19.0. The van der Waals surface area contributed by atoms with Crippen LogP contribution in [0, 0.1) is 5.41 Å². The summed E-state index contributed by atoms with van der Waals surface area (Å²) in [5.41, 5.74) is 5.74. The Labute approximate surface area is 151 Å². The van der Waals surface area contributed by atoms with E-state index in [2.05, 4.69) is 45.9 Å². The Kier molecular flexibility index (Phi) is 6.19. The molecule has 0 unspecified atom stereocenters. The van der Waals surface area contributed by atoms with Crippen LogP contribution < -0.4 is 0 Å². The van der Waals surface area contributed by atoms with Crippen molar-refractivity contribution in [2.75, 3.05) is 0 Å². The SMILES string of the molecule is CC1=C(C=C/C(C)=C/C=C/c2ccc(C(=O)O)cc2)C(C)(C)CCC1. The molecule has 0 radical (unpaired) electrons. The minimum Gasteiger partial charge on any atom is -0.478 e. The van der Waals surface area contributed by atoms with Crippen molar-refractivity contribution < 1.29 is 9.90 Å². The van der Waals surface area contributed by atoms with E-state index < -0.39 is 5.97 Å². The second-order valence-corrected chi connectivity index (χ2v) is 7.46. The molecule has 0 atom stereocenters. The van der Waals surface area contributed by atoms with Gasteiger partial charge in [-0.25, -0.2) is 4.79 Å². The molecular weight excluding hydrogens is 308 g/mol. The Morgan fingerprint density at radius 2 is 1.84 bits per heavy atom. The molecule has 0 fully saturated rings. The number of carboxylic acids is 1. The summed E-state index contributed by atoms with van der Waals surface area (Å²) in [4.78, 5) is 10.8. The molecule has 0 heterocycles. The predicted molar refractivity (Wildman–Crippen MR) is 106 cm³/mol.